The molecule has 1 aliphatic rings. The van der Waals surface area contributed by atoms with Crippen molar-refractivity contribution in [2.24, 2.45) is 11.8 Å². The molecule has 33 heavy (non-hydrogen) atoms. The Bertz CT molecular complexity index is 1020. The van der Waals surface area contributed by atoms with E-state index in [-0.39, 0.29) is 29.4 Å². The Balaban J connectivity index is 1.51. The summed E-state index contributed by atoms with van der Waals surface area (Å²) in [5, 5.41) is 0. The topological polar surface area (TPSA) is 66.9 Å². The molecule has 0 saturated carbocycles. The van der Waals surface area contributed by atoms with E-state index in [4.69, 9.17) is 4.74 Å². The number of carbonyl (C=O) groups excluding carboxylic acids is 3. The summed E-state index contributed by atoms with van der Waals surface area (Å²) in [6, 6.07) is 14.5. The molecule has 174 valence electrons. The first-order valence-corrected chi connectivity index (χ1v) is 11.2. The number of allylic oxidation sites excluding steroid dienone is 1. The highest BCUT2D eigenvalue weighted by Crippen LogP contribution is 2.25. The number of imide groups is 1. The largest absolute Gasteiger partial charge is 0.493 e. The number of rotatable bonds is 10. The molecule has 6 heteroatoms. The van der Waals surface area contributed by atoms with Gasteiger partial charge in [-0.05, 0) is 55.0 Å². The quantitative estimate of drug-likeness (QED) is 0.395. The van der Waals surface area contributed by atoms with Gasteiger partial charge in [-0.3, -0.25) is 19.3 Å². The zero-order valence-electron chi connectivity index (χ0n) is 20.0. The van der Waals surface area contributed by atoms with E-state index in [2.05, 4.69) is 13.8 Å². The number of ether oxygens (including phenoxy) is 1. The molecule has 1 aliphatic heterocycles. The monoisotopic (exact) mass is 448 g/mol. The van der Waals surface area contributed by atoms with Crippen LogP contribution < -0.4 is 4.74 Å². The first kappa shape index (κ1) is 24.2. The van der Waals surface area contributed by atoms with E-state index < -0.39 is 0 Å². The molecule has 3 rings (SSSR count). The lowest BCUT2D eigenvalue weighted by Crippen LogP contribution is -2.34. The molecule has 2 aromatic rings. The molecular weight excluding hydrogens is 416 g/mol. The maximum Gasteiger partial charge on any atom is 0.261 e. The van der Waals surface area contributed by atoms with Gasteiger partial charge in [-0.25, -0.2) is 0 Å². The zero-order valence-corrected chi connectivity index (χ0v) is 20.0. The normalized spacial score (nSPS) is 15.3. The van der Waals surface area contributed by atoms with Gasteiger partial charge in [0.05, 0.1) is 17.7 Å². The Kier molecular flexibility index (Phi) is 7.69. The number of benzene rings is 2. The number of hydrogen-bond acceptors (Lipinski definition) is 5. The van der Waals surface area contributed by atoms with Gasteiger partial charge in [-0.2, -0.15) is 0 Å². The Morgan fingerprint density at radius 2 is 1.55 bits per heavy atom. The third-order valence-electron chi connectivity index (χ3n) is 5.64. The summed E-state index contributed by atoms with van der Waals surface area (Å²) in [5.74, 6) is 0.738. The Hall–Kier alpha value is -3.41. The highest BCUT2D eigenvalue weighted by Gasteiger charge is 2.35. The molecule has 0 fully saturated rings. The van der Waals surface area contributed by atoms with Gasteiger partial charge in [0, 0.05) is 32.4 Å². The number of fused-ring (bicyclic) bond motifs is 1. The number of amides is 2. The fourth-order valence-corrected chi connectivity index (χ4v) is 4.14. The molecule has 2 unspecified atom stereocenters. The predicted octanol–water partition coefficient (Wildman–Crippen LogP) is 4.52. The number of carbonyl (C=O) groups is 3. The van der Waals surface area contributed by atoms with Crippen LogP contribution in [0, 0.1) is 11.8 Å². The number of ketones is 1. The minimum atomic E-state index is -0.209. The molecule has 0 spiro atoms. The zero-order chi connectivity index (χ0) is 24.1. The third-order valence-corrected chi connectivity index (χ3v) is 5.64. The van der Waals surface area contributed by atoms with Crippen molar-refractivity contribution >= 4 is 23.2 Å². The maximum atomic E-state index is 12.6. The van der Waals surface area contributed by atoms with Crippen molar-refractivity contribution < 1.29 is 19.1 Å². The van der Waals surface area contributed by atoms with Crippen molar-refractivity contribution in [2.45, 2.75) is 27.2 Å². The second-order valence-electron chi connectivity index (χ2n) is 9.11. The lowest BCUT2D eigenvalue weighted by atomic mass is 9.97. The summed E-state index contributed by atoms with van der Waals surface area (Å²) in [4.78, 5) is 40.3. The van der Waals surface area contributed by atoms with E-state index in [0.29, 0.717) is 29.9 Å². The number of Topliss-reactive ketones (excluding diaryl/α,β-unsaturated/α-hetero) is 1. The molecular formula is C27H32N2O4. The van der Waals surface area contributed by atoms with E-state index >= 15 is 0 Å². The second kappa shape index (κ2) is 10.5. The molecule has 2 aromatic carbocycles. The average molecular weight is 449 g/mol. The molecule has 0 N–H and O–H groups in total. The van der Waals surface area contributed by atoms with Gasteiger partial charge in [0.25, 0.3) is 11.8 Å². The van der Waals surface area contributed by atoms with Crippen LogP contribution in [0.2, 0.25) is 0 Å². The van der Waals surface area contributed by atoms with Gasteiger partial charge in [-0.1, -0.05) is 38.1 Å². The molecule has 1 heterocycles. The molecule has 0 aromatic heterocycles. The minimum absolute atomic E-state index is 0.0121. The van der Waals surface area contributed by atoms with Crippen molar-refractivity contribution in [1.29, 1.82) is 0 Å². The van der Waals surface area contributed by atoms with E-state index in [0.717, 1.165) is 17.7 Å². The summed E-state index contributed by atoms with van der Waals surface area (Å²) in [7, 11) is 3.77. The van der Waals surface area contributed by atoms with Gasteiger partial charge in [0.1, 0.15) is 5.75 Å². The van der Waals surface area contributed by atoms with Crippen molar-refractivity contribution in [1.82, 2.24) is 9.80 Å². The van der Waals surface area contributed by atoms with Gasteiger partial charge in [-0.15, -0.1) is 0 Å². The Morgan fingerprint density at radius 3 is 2.06 bits per heavy atom. The van der Waals surface area contributed by atoms with Gasteiger partial charge < -0.3 is 9.64 Å². The van der Waals surface area contributed by atoms with Crippen LogP contribution in [0.3, 0.4) is 0 Å². The van der Waals surface area contributed by atoms with Crippen LogP contribution in [0.5, 0.6) is 5.75 Å². The van der Waals surface area contributed by atoms with Crippen LogP contribution >= 0.6 is 0 Å². The maximum absolute atomic E-state index is 12.6. The molecule has 0 aliphatic carbocycles. The van der Waals surface area contributed by atoms with Crippen molar-refractivity contribution in [2.75, 3.05) is 27.2 Å². The summed E-state index contributed by atoms with van der Waals surface area (Å²) in [6.07, 6.45) is 2.64. The summed E-state index contributed by atoms with van der Waals surface area (Å²) >= 11 is 0. The summed E-state index contributed by atoms with van der Waals surface area (Å²) in [6.45, 7) is 6.64. The summed E-state index contributed by atoms with van der Waals surface area (Å²) in [5.41, 5.74) is 2.49. The van der Waals surface area contributed by atoms with E-state index in [1.807, 2.05) is 49.5 Å². The smallest absolute Gasteiger partial charge is 0.261 e. The highest BCUT2D eigenvalue weighted by molar-refractivity contribution is 6.21. The standard InChI is InChI=1S/C27H32N2O4/c1-18(15-29-26(31)23-8-6-7-9-24(23)27(29)32)14-19(2)17-33-22-12-10-21(11-13-22)25(20(3)30)16-28(4)5/h6-13,16,18-19H,14-15,17H2,1-5H3/b25-16+. The highest BCUT2D eigenvalue weighted by atomic mass is 16.5. The average Bonchev–Trinajstić information content (AvgIpc) is 3.01. The van der Waals surface area contributed by atoms with Crippen LogP contribution in [-0.2, 0) is 4.79 Å². The molecule has 6 nitrogen and oxygen atoms in total. The second-order valence-corrected chi connectivity index (χ2v) is 9.11. The van der Waals surface area contributed by atoms with E-state index in [1.54, 1.807) is 31.2 Å². The number of hydrogen-bond donors (Lipinski definition) is 0. The van der Waals surface area contributed by atoms with Crippen molar-refractivity contribution in [3.63, 3.8) is 0 Å². The first-order chi connectivity index (χ1) is 15.7. The molecule has 2 amide bonds. The lowest BCUT2D eigenvalue weighted by molar-refractivity contribution is -0.111. The first-order valence-electron chi connectivity index (χ1n) is 11.2. The van der Waals surface area contributed by atoms with Crippen molar-refractivity contribution in [3.8, 4) is 5.75 Å². The van der Waals surface area contributed by atoms with Crippen LogP contribution in [0.15, 0.2) is 54.7 Å². The lowest BCUT2D eigenvalue weighted by Gasteiger charge is -2.22. The predicted molar refractivity (Wildman–Crippen MR) is 129 cm³/mol. The van der Waals surface area contributed by atoms with Crippen LogP contribution in [-0.4, -0.2) is 54.6 Å². The molecule has 0 saturated heterocycles. The fourth-order valence-electron chi connectivity index (χ4n) is 4.14. The SMILES string of the molecule is CC(=O)/C(=C\N(C)C)c1ccc(OCC(C)CC(C)CN2C(=O)c3ccccc3C2=O)cc1. The fraction of sp³-hybridized carbons (Fsp3) is 0.370. The number of nitrogens with zero attached hydrogens (tertiary/aromatic N) is 2. The minimum Gasteiger partial charge on any atom is -0.493 e. The third kappa shape index (κ3) is 5.89. The van der Waals surface area contributed by atoms with Crippen LogP contribution in [0.4, 0.5) is 0 Å². The molecule has 0 bridgehead atoms. The van der Waals surface area contributed by atoms with Gasteiger partial charge >= 0.3 is 0 Å². The van der Waals surface area contributed by atoms with Crippen LogP contribution in [0.25, 0.3) is 5.57 Å². The molecule has 0 radical (unpaired) electrons. The van der Waals surface area contributed by atoms with E-state index in [1.165, 1.54) is 4.90 Å². The van der Waals surface area contributed by atoms with Crippen molar-refractivity contribution in [3.05, 3.63) is 71.4 Å². The Labute approximate surface area is 195 Å². The Morgan fingerprint density at radius 1 is 0.970 bits per heavy atom. The van der Waals surface area contributed by atoms with Gasteiger partial charge in [0.15, 0.2) is 5.78 Å². The molecule has 2 atom stereocenters. The van der Waals surface area contributed by atoms with E-state index in [9.17, 15) is 14.4 Å². The van der Waals surface area contributed by atoms with Crippen LogP contribution in [0.1, 0.15) is 53.5 Å². The summed E-state index contributed by atoms with van der Waals surface area (Å²) < 4.78 is 5.95. The van der Waals surface area contributed by atoms with Gasteiger partial charge in [0.2, 0.25) is 0 Å².